The lowest BCUT2D eigenvalue weighted by atomic mass is 10.1. The van der Waals surface area contributed by atoms with E-state index in [0.29, 0.717) is 17.9 Å². The molecule has 0 saturated carbocycles. The number of hydrogen-bond acceptors (Lipinski definition) is 3. The Hall–Kier alpha value is -1.03. The summed E-state index contributed by atoms with van der Waals surface area (Å²) < 4.78 is 10.9. The number of benzene rings is 1. The number of carbonyl (C=O) groups is 1. The molecule has 0 aromatic heterocycles. The summed E-state index contributed by atoms with van der Waals surface area (Å²) in [4.78, 5) is 11.4. The highest BCUT2D eigenvalue weighted by molar-refractivity contribution is 9.10. The van der Waals surface area contributed by atoms with Crippen molar-refractivity contribution in [1.82, 2.24) is 0 Å². The van der Waals surface area contributed by atoms with E-state index < -0.39 is 0 Å². The zero-order chi connectivity index (χ0) is 10.1. The first-order chi connectivity index (χ1) is 6.72. The Kier molecular flexibility index (Phi) is 2.46. The van der Waals surface area contributed by atoms with Gasteiger partial charge in [0.1, 0.15) is 11.3 Å². The molecule has 4 heteroatoms. The van der Waals surface area contributed by atoms with E-state index in [2.05, 4.69) is 20.7 Å². The van der Waals surface area contributed by atoms with Gasteiger partial charge in [0.05, 0.1) is 13.7 Å². The topological polar surface area (TPSA) is 35.5 Å². The molecule has 1 aromatic rings. The van der Waals surface area contributed by atoms with Crippen LogP contribution in [0.2, 0.25) is 0 Å². The van der Waals surface area contributed by atoms with Gasteiger partial charge in [-0.15, -0.1) is 0 Å². The quantitative estimate of drug-likeness (QED) is 0.723. The fraction of sp³-hybridized carbons (Fsp3) is 0.300. The summed E-state index contributed by atoms with van der Waals surface area (Å²) >= 11 is 3.35. The van der Waals surface area contributed by atoms with Crippen LogP contribution in [0, 0.1) is 0 Å². The largest absolute Gasteiger partial charge is 0.492 e. The number of halogens is 1. The Morgan fingerprint density at radius 1 is 1.57 bits per heavy atom. The van der Waals surface area contributed by atoms with Gasteiger partial charge in [0.2, 0.25) is 0 Å². The van der Waals surface area contributed by atoms with Crippen molar-refractivity contribution >= 4 is 21.9 Å². The minimum atomic E-state index is -0.357. The number of fused-ring (bicyclic) bond motifs is 1. The van der Waals surface area contributed by atoms with Gasteiger partial charge in [-0.25, -0.2) is 4.79 Å². The molecule has 0 saturated heterocycles. The molecule has 1 heterocycles. The molecule has 2 rings (SSSR count). The molecule has 0 unspecified atom stereocenters. The van der Waals surface area contributed by atoms with Gasteiger partial charge in [0, 0.05) is 10.9 Å². The van der Waals surface area contributed by atoms with Crippen molar-refractivity contribution in [3.63, 3.8) is 0 Å². The maximum Gasteiger partial charge on any atom is 0.341 e. The molecular weight excluding hydrogens is 248 g/mol. The molecule has 0 aliphatic carbocycles. The summed E-state index contributed by atoms with van der Waals surface area (Å²) in [5.74, 6) is 0.310. The zero-order valence-electron chi connectivity index (χ0n) is 7.67. The molecule has 0 atom stereocenters. The third kappa shape index (κ3) is 1.50. The fourth-order valence-corrected chi connectivity index (χ4v) is 2.04. The van der Waals surface area contributed by atoms with Crippen molar-refractivity contribution < 1.29 is 14.3 Å². The highest BCUT2D eigenvalue weighted by atomic mass is 79.9. The lowest BCUT2D eigenvalue weighted by molar-refractivity contribution is 0.0597. The molecule has 0 N–H and O–H groups in total. The van der Waals surface area contributed by atoms with Gasteiger partial charge >= 0.3 is 5.97 Å². The minimum Gasteiger partial charge on any atom is -0.492 e. The van der Waals surface area contributed by atoms with E-state index in [1.54, 1.807) is 6.07 Å². The molecule has 3 nitrogen and oxygen atoms in total. The zero-order valence-corrected chi connectivity index (χ0v) is 9.26. The Balaban J connectivity index is 2.54. The van der Waals surface area contributed by atoms with Gasteiger partial charge < -0.3 is 9.47 Å². The highest BCUT2D eigenvalue weighted by Crippen LogP contribution is 2.33. The second-order valence-electron chi connectivity index (χ2n) is 3.03. The van der Waals surface area contributed by atoms with Gasteiger partial charge in [0.15, 0.2) is 0 Å². The molecule has 0 radical (unpaired) electrons. The predicted molar refractivity (Wildman–Crippen MR) is 54.7 cm³/mol. The fourth-order valence-electron chi connectivity index (χ4n) is 1.53. The molecule has 0 spiro atoms. The monoisotopic (exact) mass is 256 g/mol. The smallest absolute Gasteiger partial charge is 0.341 e. The Bertz CT molecular complexity index is 387. The van der Waals surface area contributed by atoms with Crippen LogP contribution in [0.25, 0.3) is 0 Å². The molecular formula is C10H9BrO3. The normalized spacial score (nSPS) is 13.3. The number of esters is 1. The lowest BCUT2D eigenvalue weighted by Gasteiger charge is -2.06. The van der Waals surface area contributed by atoms with Crippen LogP contribution in [0.1, 0.15) is 15.9 Å². The van der Waals surface area contributed by atoms with Gasteiger partial charge in [-0.1, -0.05) is 15.9 Å². The van der Waals surface area contributed by atoms with Crippen LogP contribution >= 0.6 is 15.9 Å². The molecule has 14 heavy (non-hydrogen) atoms. The van der Waals surface area contributed by atoms with E-state index in [1.807, 2.05) is 6.07 Å². The van der Waals surface area contributed by atoms with Gasteiger partial charge in [-0.3, -0.25) is 0 Å². The third-order valence-electron chi connectivity index (χ3n) is 2.15. The van der Waals surface area contributed by atoms with Crippen molar-refractivity contribution in [2.75, 3.05) is 13.7 Å². The minimum absolute atomic E-state index is 0.357. The standard InChI is InChI=1S/C10H9BrO3/c1-13-10(12)8-5-7(11)4-6-2-3-14-9(6)8/h4-5H,2-3H2,1H3. The number of rotatable bonds is 1. The summed E-state index contributed by atoms with van der Waals surface area (Å²) in [6, 6.07) is 3.69. The van der Waals surface area contributed by atoms with Crippen LogP contribution in [-0.4, -0.2) is 19.7 Å². The molecule has 0 fully saturated rings. The van der Waals surface area contributed by atoms with Gasteiger partial charge in [-0.05, 0) is 17.7 Å². The SMILES string of the molecule is COC(=O)c1cc(Br)cc2c1OCC2. The molecule has 0 bridgehead atoms. The summed E-state index contributed by atoms with van der Waals surface area (Å²) in [5.41, 5.74) is 1.55. The van der Waals surface area contributed by atoms with Crippen LogP contribution in [0.3, 0.4) is 0 Å². The highest BCUT2D eigenvalue weighted by Gasteiger charge is 2.22. The first-order valence-electron chi connectivity index (χ1n) is 4.26. The second-order valence-corrected chi connectivity index (χ2v) is 3.95. The van der Waals surface area contributed by atoms with E-state index in [0.717, 1.165) is 16.5 Å². The van der Waals surface area contributed by atoms with E-state index in [1.165, 1.54) is 7.11 Å². The average Bonchev–Trinajstić information content (AvgIpc) is 2.62. The van der Waals surface area contributed by atoms with Crippen molar-refractivity contribution in [2.24, 2.45) is 0 Å². The molecule has 0 amide bonds. The molecule has 1 aliphatic rings. The van der Waals surface area contributed by atoms with Crippen molar-refractivity contribution in [2.45, 2.75) is 6.42 Å². The van der Waals surface area contributed by atoms with Crippen molar-refractivity contribution in [3.05, 3.63) is 27.7 Å². The third-order valence-corrected chi connectivity index (χ3v) is 2.61. The summed E-state index contributed by atoms with van der Waals surface area (Å²) in [5, 5.41) is 0. The second kappa shape index (κ2) is 3.61. The van der Waals surface area contributed by atoms with Crippen LogP contribution in [0.4, 0.5) is 0 Å². The van der Waals surface area contributed by atoms with Crippen molar-refractivity contribution in [1.29, 1.82) is 0 Å². The maximum atomic E-state index is 11.4. The van der Waals surface area contributed by atoms with E-state index in [4.69, 9.17) is 4.74 Å². The van der Waals surface area contributed by atoms with Crippen LogP contribution < -0.4 is 4.74 Å². The maximum absolute atomic E-state index is 11.4. The van der Waals surface area contributed by atoms with E-state index >= 15 is 0 Å². The van der Waals surface area contributed by atoms with Gasteiger partial charge in [-0.2, -0.15) is 0 Å². The van der Waals surface area contributed by atoms with E-state index in [-0.39, 0.29) is 5.97 Å². The van der Waals surface area contributed by atoms with Crippen LogP contribution in [0.15, 0.2) is 16.6 Å². The average molecular weight is 257 g/mol. The Morgan fingerprint density at radius 2 is 2.36 bits per heavy atom. The first kappa shape index (κ1) is 9.52. The first-order valence-corrected chi connectivity index (χ1v) is 5.05. The number of methoxy groups -OCH3 is 1. The van der Waals surface area contributed by atoms with Crippen molar-refractivity contribution in [3.8, 4) is 5.75 Å². The number of ether oxygens (including phenoxy) is 2. The van der Waals surface area contributed by atoms with E-state index in [9.17, 15) is 4.79 Å². The molecule has 74 valence electrons. The lowest BCUT2D eigenvalue weighted by Crippen LogP contribution is -2.03. The van der Waals surface area contributed by atoms with Gasteiger partial charge in [0.25, 0.3) is 0 Å². The van der Waals surface area contributed by atoms with Crippen LogP contribution in [-0.2, 0) is 11.2 Å². The molecule has 1 aromatic carbocycles. The van der Waals surface area contributed by atoms with Crippen LogP contribution in [0.5, 0.6) is 5.75 Å². The predicted octanol–water partition coefficient (Wildman–Crippen LogP) is 2.17. The summed E-state index contributed by atoms with van der Waals surface area (Å²) in [6.07, 6.45) is 0.846. The number of hydrogen-bond donors (Lipinski definition) is 0. The molecule has 1 aliphatic heterocycles. The Morgan fingerprint density at radius 3 is 3.07 bits per heavy atom. The number of carbonyl (C=O) groups excluding carboxylic acids is 1. The summed E-state index contributed by atoms with van der Waals surface area (Å²) in [7, 11) is 1.37. The summed E-state index contributed by atoms with van der Waals surface area (Å²) in [6.45, 7) is 0.635. The Labute approximate surface area is 90.1 Å².